The van der Waals surface area contributed by atoms with E-state index in [2.05, 4.69) is 10.0 Å². The van der Waals surface area contributed by atoms with Crippen molar-refractivity contribution in [2.24, 2.45) is 0 Å². The van der Waals surface area contributed by atoms with Crippen LogP contribution in [0.25, 0.3) is 0 Å². The minimum Gasteiger partial charge on any atom is -0.482 e. The molecule has 2 N–H and O–H groups in total. The number of carbonyl (C=O) groups excluding carboxylic acids is 1. The molecule has 0 aliphatic carbocycles. The molecule has 0 aromatic heterocycles. The molecule has 0 fully saturated rings. The Labute approximate surface area is 138 Å². The van der Waals surface area contributed by atoms with Gasteiger partial charge in [-0.1, -0.05) is 29.8 Å². The molecular formula is C15H13ClN2O4S. The maximum atomic E-state index is 12.4. The first-order valence-corrected chi connectivity index (χ1v) is 8.61. The van der Waals surface area contributed by atoms with Crippen LogP contribution in [0.3, 0.4) is 0 Å². The van der Waals surface area contributed by atoms with E-state index in [-0.39, 0.29) is 24.0 Å². The first-order valence-electron chi connectivity index (χ1n) is 6.75. The van der Waals surface area contributed by atoms with Crippen LogP contribution in [0.1, 0.15) is 5.56 Å². The second-order valence-corrected chi connectivity index (χ2v) is 7.08. The molecule has 0 saturated heterocycles. The van der Waals surface area contributed by atoms with Gasteiger partial charge in [0, 0.05) is 11.6 Å². The predicted octanol–water partition coefficient (Wildman–Crippen LogP) is 2.15. The lowest BCUT2D eigenvalue weighted by Crippen LogP contribution is -2.27. The summed E-state index contributed by atoms with van der Waals surface area (Å²) < 4.78 is 32.4. The van der Waals surface area contributed by atoms with Crippen LogP contribution in [0.5, 0.6) is 5.75 Å². The molecular weight excluding hydrogens is 340 g/mol. The van der Waals surface area contributed by atoms with Crippen molar-refractivity contribution in [3.63, 3.8) is 0 Å². The highest BCUT2D eigenvalue weighted by molar-refractivity contribution is 7.89. The molecule has 1 heterocycles. The van der Waals surface area contributed by atoms with Crippen LogP contribution < -0.4 is 14.8 Å². The van der Waals surface area contributed by atoms with Crippen molar-refractivity contribution in [2.75, 3.05) is 11.9 Å². The van der Waals surface area contributed by atoms with Crippen molar-refractivity contribution in [1.82, 2.24) is 4.72 Å². The van der Waals surface area contributed by atoms with Gasteiger partial charge in [-0.3, -0.25) is 4.79 Å². The van der Waals surface area contributed by atoms with Crippen molar-refractivity contribution in [3.8, 4) is 5.75 Å². The van der Waals surface area contributed by atoms with Crippen LogP contribution in [0.15, 0.2) is 47.4 Å². The van der Waals surface area contributed by atoms with Crippen molar-refractivity contribution in [1.29, 1.82) is 0 Å². The first-order chi connectivity index (χ1) is 11.0. The molecule has 1 amide bonds. The molecule has 0 bridgehead atoms. The summed E-state index contributed by atoms with van der Waals surface area (Å²) >= 11 is 6.01. The van der Waals surface area contributed by atoms with Crippen LogP contribution in [0.4, 0.5) is 5.69 Å². The summed E-state index contributed by atoms with van der Waals surface area (Å²) in [7, 11) is -3.74. The van der Waals surface area contributed by atoms with E-state index in [1.165, 1.54) is 18.2 Å². The molecule has 2 aromatic carbocycles. The van der Waals surface area contributed by atoms with Crippen molar-refractivity contribution >= 4 is 33.2 Å². The number of amides is 1. The Morgan fingerprint density at radius 3 is 2.78 bits per heavy atom. The number of rotatable bonds is 4. The van der Waals surface area contributed by atoms with E-state index in [4.69, 9.17) is 16.3 Å². The van der Waals surface area contributed by atoms with Gasteiger partial charge < -0.3 is 10.1 Å². The highest BCUT2D eigenvalue weighted by Crippen LogP contribution is 2.30. The number of sulfonamides is 1. The number of ether oxygens (including phenoxy) is 1. The number of fused-ring (bicyclic) bond motifs is 1. The molecule has 0 spiro atoms. The van der Waals surface area contributed by atoms with Crippen LogP contribution in [-0.4, -0.2) is 20.9 Å². The zero-order valence-corrected chi connectivity index (χ0v) is 13.4. The standard InChI is InChI=1S/C15H13ClN2O4S/c16-12-4-2-1-3-10(12)8-17-23(20,21)11-5-6-14-13(7-11)18-15(19)9-22-14/h1-7,17H,8-9H2,(H,18,19). The van der Waals surface area contributed by atoms with Gasteiger partial charge in [-0.2, -0.15) is 0 Å². The molecule has 0 unspecified atom stereocenters. The number of carbonyl (C=O) groups is 1. The Morgan fingerprint density at radius 2 is 2.00 bits per heavy atom. The Balaban J connectivity index is 1.81. The molecule has 2 aromatic rings. The van der Waals surface area contributed by atoms with Gasteiger partial charge >= 0.3 is 0 Å². The first kappa shape index (κ1) is 15.8. The van der Waals surface area contributed by atoms with E-state index in [0.717, 1.165) is 0 Å². The molecule has 8 heteroatoms. The second-order valence-electron chi connectivity index (χ2n) is 4.91. The van der Waals surface area contributed by atoms with Crippen LogP contribution in [0, 0.1) is 0 Å². The summed E-state index contributed by atoms with van der Waals surface area (Å²) in [5.74, 6) is 0.116. The number of halogens is 1. The third-order valence-electron chi connectivity index (χ3n) is 3.30. The highest BCUT2D eigenvalue weighted by Gasteiger charge is 2.20. The smallest absolute Gasteiger partial charge is 0.262 e. The quantitative estimate of drug-likeness (QED) is 0.883. The SMILES string of the molecule is O=C1COc2ccc(S(=O)(=O)NCc3ccccc3Cl)cc2N1. The lowest BCUT2D eigenvalue weighted by molar-refractivity contribution is -0.118. The van der Waals surface area contributed by atoms with Crippen LogP contribution in [-0.2, 0) is 21.4 Å². The number of anilines is 1. The Bertz CT molecular complexity index is 868. The van der Waals surface area contributed by atoms with Gasteiger partial charge in [0.05, 0.1) is 10.6 Å². The van der Waals surface area contributed by atoms with Gasteiger partial charge in [0.1, 0.15) is 5.75 Å². The summed E-state index contributed by atoms with van der Waals surface area (Å²) in [6, 6.07) is 11.3. The fraction of sp³-hybridized carbons (Fsp3) is 0.133. The van der Waals surface area contributed by atoms with Crippen LogP contribution in [0.2, 0.25) is 5.02 Å². The van der Waals surface area contributed by atoms with Crippen molar-refractivity contribution < 1.29 is 17.9 Å². The largest absolute Gasteiger partial charge is 0.482 e. The number of hydrogen-bond acceptors (Lipinski definition) is 4. The van der Waals surface area contributed by atoms with Gasteiger partial charge in [0.15, 0.2) is 6.61 Å². The fourth-order valence-electron chi connectivity index (χ4n) is 2.13. The summed E-state index contributed by atoms with van der Waals surface area (Å²) in [4.78, 5) is 11.4. The van der Waals surface area contributed by atoms with E-state index in [9.17, 15) is 13.2 Å². The minimum absolute atomic E-state index is 0.0362. The molecule has 23 heavy (non-hydrogen) atoms. The topological polar surface area (TPSA) is 84.5 Å². The number of benzene rings is 2. The molecule has 1 aliphatic heterocycles. The minimum atomic E-state index is -3.74. The van der Waals surface area contributed by atoms with Crippen LogP contribution >= 0.6 is 11.6 Å². The highest BCUT2D eigenvalue weighted by atomic mass is 35.5. The van der Waals surface area contributed by atoms with E-state index in [0.29, 0.717) is 22.0 Å². The Morgan fingerprint density at radius 1 is 1.22 bits per heavy atom. The molecule has 0 saturated carbocycles. The maximum absolute atomic E-state index is 12.4. The van der Waals surface area contributed by atoms with Crippen molar-refractivity contribution in [3.05, 3.63) is 53.1 Å². The fourth-order valence-corrected chi connectivity index (χ4v) is 3.36. The summed E-state index contributed by atoms with van der Waals surface area (Å²) in [5, 5.41) is 3.07. The normalized spacial score (nSPS) is 13.9. The van der Waals surface area contributed by atoms with Crippen molar-refractivity contribution in [2.45, 2.75) is 11.4 Å². The third-order valence-corrected chi connectivity index (χ3v) is 5.07. The molecule has 0 radical (unpaired) electrons. The number of nitrogens with one attached hydrogen (secondary N) is 2. The predicted molar refractivity (Wildman–Crippen MR) is 86.0 cm³/mol. The van der Waals surface area contributed by atoms with Gasteiger partial charge in [0.25, 0.3) is 5.91 Å². The van der Waals surface area contributed by atoms with Gasteiger partial charge in [-0.25, -0.2) is 13.1 Å². The molecule has 120 valence electrons. The number of hydrogen-bond donors (Lipinski definition) is 2. The summed E-state index contributed by atoms with van der Waals surface area (Å²) in [6.45, 7) is -0.00813. The average Bonchev–Trinajstić information content (AvgIpc) is 2.53. The lowest BCUT2D eigenvalue weighted by atomic mass is 10.2. The molecule has 3 rings (SSSR count). The van der Waals surface area contributed by atoms with E-state index in [1.807, 2.05) is 0 Å². The van der Waals surface area contributed by atoms with Gasteiger partial charge in [-0.05, 0) is 29.8 Å². The summed E-state index contributed by atoms with van der Waals surface area (Å²) in [5.41, 5.74) is 1.01. The third kappa shape index (κ3) is 3.47. The average molecular weight is 353 g/mol. The molecule has 0 atom stereocenters. The van der Waals surface area contributed by atoms with E-state index >= 15 is 0 Å². The molecule has 1 aliphatic rings. The maximum Gasteiger partial charge on any atom is 0.262 e. The Kier molecular flexibility index (Phi) is 4.25. The van der Waals surface area contributed by atoms with Gasteiger partial charge in [0.2, 0.25) is 10.0 Å². The van der Waals surface area contributed by atoms with Gasteiger partial charge in [-0.15, -0.1) is 0 Å². The van der Waals surface area contributed by atoms with E-state index < -0.39 is 10.0 Å². The summed E-state index contributed by atoms with van der Waals surface area (Å²) in [6.07, 6.45) is 0. The zero-order valence-electron chi connectivity index (χ0n) is 11.9. The monoisotopic (exact) mass is 352 g/mol. The Hall–Kier alpha value is -2.09. The second kappa shape index (κ2) is 6.19. The zero-order chi connectivity index (χ0) is 16.4. The lowest BCUT2D eigenvalue weighted by Gasteiger charge is -2.18. The van der Waals surface area contributed by atoms with E-state index in [1.54, 1.807) is 24.3 Å². The molecule has 6 nitrogen and oxygen atoms in total.